The average molecular weight is 185 g/mol. The molecule has 0 aliphatic heterocycles. The van der Waals surface area contributed by atoms with Gasteiger partial charge in [0.05, 0.1) is 17.7 Å². The van der Waals surface area contributed by atoms with Crippen LogP contribution in [-0.2, 0) is 0 Å². The Morgan fingerprint density at radius 1 is 1.62 bits per heavy atom. The second-order valence-electron chi connectivity index (χ2n) is 4.39. The van der Waals surface area contributed by atoms with E-state index in [2.05, 4.69) is 0 Å². The smallest absolute Gasteiger partial charge is 0.0931 e. The van der Waals surface area contributed by atoms with Crippen LogP contribution in [0.25, 0.3) is 0 Å². The highest BCUT2D eigenvalue weighted by Gasteiger charge is 2.39. The summed E-state index contributed by atoms with van der Waals surface area (Å²) < 4.78 is 0. The molecule has 0 heterocycles. The van der Waals surface area contributed by atoms with Crippen molar-refractivity contribution in [2.24, 2.45) is 11.7 Å². The monoisotopic (exact) mass is 185 g/mol. The molecule has 4 N–H and O–H groups in total. The first-order valence-corrected chi connectivity index (χ1v) is 4.72. The van der Waals surface area contributed by atoms with Gasteiger partial charge in [-0.3, -0.25) is 0 Å². The summed E-state index contributed by atoms with van der Waals surface area (Å²) in [4.78, 5) is 0. The predicted octanol–water partition coefficient (Wildman–Crippen LogP) is 0.412. The molecule has 0 aromatic rings. The summed E-state index contributed by atoms with van der Waals surface area (Å²) in [5.74, 6) is 0.289. The van der Waals surface area contributed by atoms with Gasteiger partial charge in [0.25, 0.3) is 0 Å². The fourth-order valence-corrected chi connectivity index (χ4v) is 1.71. The number of hydrogen-bond acceptors (Lipinski definition) is 3. The van der Waals surface area contributed by atoms with Crippen molar-refractivity contribution >= 4 is 0 Å². The molecular formula is C10H19NO2. The molecule has 3 atom stereocenters. The van der Waals surface area contributed by atoms with Crippen molar-refractivity contribution < 1.29 is 10.2 Å². The quantitative estimate of drug-likeness (QED) is 0.518. The molecule has 1 rings (SSSR count). The molecule has 0 saturated heterocycles. The molecule has 0 spiro atoms. The van der Waals surface area contributed by atoms with Crippen LogP contribution in [0.2, 0.25) is 0 Å². The lowest BCUT2D eigenvalue weighted by molar-refractivity contribution is -0.0166. The number of nitrogens with two attached hydrogens (primary N) is 1. The average Bonchev–Trinajstić information content (AvgIpc) is 2.00. The molecule has 0 saturated carbocycles. The molecule has 0 radical (unpaired) electrons. The Kier molecular flexibility index (Phi) is 2.80. The molecule has 3 heteroatoms. The van der Waals surface area contributed by atoms with Gasteiger partial charge in [-0.25, -0.2) is 0 Å². The Labute approximate surface area is 79.3 Å². The van der Waals surface area contributed by atoms with Gasteiger partial charge >= 0.3 is 0 Å². The molecule has 0 aromatic carbocycles. The van der Waals surface area contributed by atoms with Crippen LogP contribution in [0.4, 0.5) is 0 Å². The van der Waals surface area contributed by atoms with Crippen molar-refractivity contribution in [2.45, 2.75) is 44.9 Å². The van der Waals surface area contributed by atoms with Crippen LogP contribution < -0.4 is 5.73 Å². The standard InChI is InChI=1S/C10H19NO2/c1-6(2)7-4-5-10(3,13)9(11)8(7)12/h4,6,8-9,12-13H,5,11H2,1-3H3. The summed E-state index contributed by atoms with van der Waals surface area (Å²) in [6, 6.07) is -0.574. The third-order valence-electron chi connectivity index (χ3n) is 2.82. The van der Waals surface area contributed by atoms with E-state index in [0.29, 0.717) is 6.42 Å². The van der Waals surface area contributed by atoms with E-state index in [1.165, 1.54) is 0 Å². The fraction of sp³-hybridized carbons (Fsp3) is 0.800. The maximum Gasteiger partial charge on any atom is 0.0931 e. The third kappa shape index (κ3) is 1.93. The zero-order valence-corrected chi connectivity index (χ0v) is 8.49. The normalized spacial score (nSPS) is 40.7. The summed E-state index contributed by atoms with van der Waals surface area (Å²) >= 11 is 0. The highest BCUT2D eigenvalue weighted by molar-refractivity contribution is 5.21. The molecule has 0 amide bonds. The lowest BCUT2D eigenvalue weighted by atomic mass is 9.77. The van der Waals surface area contributed by atoms with E-state index >= 15 is 0 Å². The number of hydrogen-bond donors (Lipinski definition) is 3. The second kappa shape index (κ2) is 3.40. The van der Waals surface area contributed by atoms with Gasteiger partial charge in [0.15, 0.2) is 0 Å². The van der Waals surface area contributed by atoms with Crippen LogP contribution in [0.1, 0.15) is 27.2 Å². The van der Waals surface area contributed by atoms with Crippen LogP contribution in [0.5, 0.6) is 0 Å². The molecule has 3 nitrogen and oxygen atoms in total. The third-order valence-corrected chi connectivity index (χ3v) is 2.82. The van der Waals surface area contributed by atoms with Gasteiger partial charge in [0.2, 0.25) is 0 Å². The van der Waals surface area contributed by atoms with Crippen molar-refractivity contribution in [1.29, 1.82) is 0 Å². The number of aliphatic hydroxyl groups excluding tert-OH is 1. The van der Waals surface area contributed by atoms with E-state index < -0.39 is 17.7 Å². The van der Waals surface area contributed by atoms with E-state index in [9.17, 15) is 10.2 Å². The van der Waals surface area contributed by atoms with E-state index in [1.807, 2.05) is 19.9 Å². The Hall–Kier alpha value is -0.380. The van der Waals surface area contributed by atoms with Gasteiger partial charge in [-0.2, -0.15) is 0 Å². The first-order chi connectivity index (χ1) is 5.86. The molecule has 13 heavy (non-hydrogen) atoms. The van der Waals surface area contributed by atoms with Crippen molar-refractivity contribution in [2.75, 3.05) is 0 Å². The first-order valence-electron chi connectivity index (χ1n) is 4.72. The fourth-order valence-electron chi connectivity index (χ4n) is 1.71. The minimum Gasteiger partial charge on any atom is -0.388 e. The Balaban J connectivity index is 2.89. The van der Waals surface area contributed by atoms with Gasteiger partial charge in [-0.15, -0.1) is 0 Å². The van der Waals surface area contributed by atoms with Gasteiger partial charge in [0, 0.05) is 0 Å². The van der Waals surface area contributed by atoms with Crippen LogP contribution in [0, 0.1) is 5.92 Å². The number of aliphatic hydroxyl groups is 2. The van der Waals surface area contributed by atoms with E-state index in [-0.39, 0.29) is 5.92 Å². The van der Waals surface area contributed by atoms with Gasteiger partial charge < -0.3 is 15.9 Å². The minimum atomic E-state index is -0.974. The van der Waals surface area contributed by atoms with E-state index in [4.69, 9.17) is 5.73 Å². The highest BCUT2D eigenvalue weighted by atomic mass is 16.3. The van der Waals surface area contributed by atoms with Gasteiger partial charge in [-0.05, 0) is 24.8 Å². The SMILES string of the molecule is CC(C)C1=CCC(C)(O)C(N)C1O. The van der Waals surface area contributed by atoms with Crippen molar-refractivity contribution in [1.82, 2.24) is 0 Å². The Morgan fingerprint density at radius 2 is 2.15 bits per heavy atom. The topological polar surface area (TPSA) is 66.5 Å². The summed E-state index contributed by atoms with van der Waals surface area (Å²) in [5, 5.41) is 19.6. The lowest BCUT2D eigenvalue weighted by Crippen LogP contribution is -2.55. The van der Waals surface area contributed by atoms with Crippen LogP contribution in [0.3, 0.4) is 0 Å². The molecule has 0 aromatic heterocycles. The lowest BCUT2D eigenvalue weighted by Gasteiger charge is -2.38. The maximum atomic E-state index is 9.79. The molecule has 1 aliphatic rings. The van der Waals surface area contributed by atoms with Crippen LogP contribution >= 0.6 is 0 Å². The van der Waals surface area contributed by atoms with Gasteiger partial charge in [0.1, 0.15) is 0 Å². The van der Waals surface area contributed by atoms with Crippen LogP contribution in [0.15, 0.2) is 11.6 Å². The molecule has 0 bridgehead atoms. The van der Waals surface area contributed by atoms with Crippen molar-refractivity contribution in [3.63, 3.8) is 0 Å². The maximum absolute atomic E-state index is 9.79. The van der Waals surface area contributed by atoms with E-state index in [0.717, 1.165) is 5.57 Å². The Bertz CT molecular complexity index is 221. The summed E-state index contributed by atoms with van der Waals surface area (Å²) in [6.07, 6.45) is 1.72. The molecule has 76 valence electrons. The summed E-state index contributed by atoms with van der Waals surface area (Å²) in [7, 11) is 0. The van der Waals surface area contributed by atoms with Crippen molar-refractivity contribution in [3.05, 3.63) is 11.6 Å². The second-order valence-corrected chi connectivity index (χ2v) is 4.39. The summed E-state index contributed by atoms with van der Waals surface area (Å²) in [5.41, 5.74) is 5.71. The molecule has 0 fully saturated rings. The van der Waals surface area contributed by atoms with Crippen molar-refractivity contribution in [3.8, 4) is 0 Å². The zero-order chi connectivity index (χ0) is 10.2. The minimum absolute atomic E-state index is 0.289. The van der Waals surface area contributed by atoms with E-state index in [1.54, 1.807) is 6.92 Å². The Morgan fingerprint density at radius 3 is 2.62 bits per heavy atom. The van der Waals surface area contributed by atoms with Gasteiger partial charge in [-0.1, -0.05) is 19.9 Å². The molecular weight excluding hydrogens is 166 g/mol. The first kappa shape index (κ1) is 10.7. The molecule has 3 unspecified atom stereocenters. The molecule has 1 aliphatic carbocycles. The zero-order valence-electron chi connectivity index (χ0n) is 8.49. The largest absolute Gasteiger partial charge is 0.388 e. The highest BCUT2D eigenvalue weighted by Crippen LogP contribution is 2.30. The number of rotatable bonds is 1. The summed E-state index contributed by atoms with van der Waals surface area (Å²) in [6.45, 7) is 5.69. The predicted molar refractivity (Wildman–Crippen MR) is 52.1 cm³/mol. The van der Waals surface area contributed by atoms with Crippen LogP contribution in [-0.4, -0.2) is 28.0 Å².